The third kappa shape index (κ3) is 3.92. The highest BCUT2D eigenvalue weighted by molar-refractivity contribution is 4.98. The van der Waals surface area contributed by atoms with E-state index in [-0.39, 0.29) is 12.1 Å². The number of nitrogens with two attached hydrogens (primary N) is 1. The summed E-state index contributed by atoms with van der Waals surface area (Å²) < 4.78 is 39.0. The highest BCUT2D eigenvalue weighted by Crippen LogP contribution is 2.35. The third-order valence-electron chi connectivity index (χ3n) is 1.90. The molecule has 12 heavy (non-hydrogen) atoms. The van der Waals surface area contributed by atoms with Gasteiger partial charge >= 0.3 is 6.18 Å². The third-order valence-corrected chi connectivity index (χ3v) is 1.90. The van der Waals surface area contributed by atoms with Gasteiger partial charge in [0.25, 0.3) is 0 Å². The van der Waals surface area contributed by atoms with E-state index in [0.29, 0.717) is 6.42 Å². The van der Waals surface area contributed by atoms with Crippen LogP contribution in [0.2, 0.25) is 0 Å². The highest BCUT2D eigenvalue weighted by atomic mass is 19.4. The molecule has 0 aromatic carbocycles. The molecule has 72 valence electrons. The number of hydrogen-bond acceptors (Lipinski definition) is 2. The minimum atomic E-state index is -4.22. The van der Waals surface area contributed by atoms with E-state index < -0.39 is 12.8 Å². The highest BCUT2D eigenvalue weighted by Gasteiger charge is 2.37. The molecule has 0 aromatic rings. The van der Waals surface area contributed by atoms with Crippen molar-refractivity contribution in [1.29, 1.82) is 0 Å². The lowest BCUT2D eigenvalue weighted by Gasteiger charge is -2.10. The van der Waals surface area contributed by atoms with Crippen LogP contribution in [0, 0.1) is 0 Å². The van der Waals surface area contributed by atoms with Crippen molar-refractivity contribution in [1.82, 2.24) is 0 Å². The average Bonchev–Trinajstić information content (AvgIpc) is 2.60. The molecule has 1 saturated carbocycles. The Bertz CT molecular complexity index is 146. The molecule has 0 radical (unpaired) electrons. The molecule has 0 amide bonds. The number of hydrogen-bond donors (Lipinski definition) is 1. The second kappa shape index (κ2) is 3.22. The predicted octanol–water partition coefficient (Wildman–Crippen LogP) is 1.45. The Balaban J connectivity index is 1.96. The maximum absolute atomic E-state index is 11.5. The topological polar surface area (TPSA) is 35.2 Å². The lowest BCUT2D eigenvalue weighted by atomic mass is 10.2. The largest absolute Gasteiger partial charge is 0.411 e. The van der Waals surface area contributed by atoms with Gasteiger partial charge in [-0.15, -0.1) is 0 Å². The fraction of sp³-hybridized carbons (Fsp3) is 1.00. The van der Waals surface area contributed by atoms with E-state index >= 15 is 0 Å². The van der Waals surface area contributed by atoms with Gasteiger partial charge in [-0.05, 0) is 19.3 Å². The molecular weight excluding hydrogens is 171 g/mol. The molecule has 0 heterocycles. The van der Waals surface area contributed by atoms with Gasteiger partial charge in [0.05, 0.1) is 0 Å². The molecule has 1 aliphatic rings. The summed E-state index contributed by atoms with van der Waals surface area (Å²) in [6.07, 6.45) is -1.88. The lowest BCUT2D eigenvalue weighted by Crippen LogP contribution is -2.25. The summed E-state index contributed by atoms with van der Waals surface area (Å²) in [4.78, 5) is 0. The summed E-state index contributed by atoms with van der Waals surface area (Å²) in [6, 6.07) is 0. The van der Waals surface area contributed by atoms with Crippen LogP contribution in [0.5, 0.6) is 0 Å². The van der Waals surface area contributed by atoms with Crippen molar-refractivity contribution < 1.29 is 17.9 Å². The zero-order valence-electron chi connectivity index (χ0n) is 6.66. The van der Waals surface area contributed by atoms with Crippen LogP contribution in [0.15, 0.2) is 0 Å². The second-order valence-electron chi connectivity index (χ2n) is 3.28. The van der Waals surface area contributed by atoms with E-state index in [0.717, 1.165) is 12.8 Å². The van der Waals surface area contributed by atoms with Crippen LogP contribution in [0.4, 0.5) is 13.2 Å². The smallest absolute Gasteiger partial charge is 0.372 e. The van der Waals surface area contributed by atoms with Gasteiger partial charge in [-0.3, -0.25) is 0 Å². The van der Waals surface area contributed by atoms with E-state index in [1.807, 2.05) is 0 Å². The molecule has 0 atom stereocenters. The van der Waals surface area contributed by atoms with Gasteiger partial charge in [0.15, 0.2) is 0 Å². The summed E-state index contributed by atoms with van der Waals surface area (Å²) in [5.41, 5.74) is 5.42. The Morgan fingerprint density at radius 2 is 1.92 bits per heavy atom. The Labute approximate surface area is 68.9 Å². The van der Waals surface area contributed by atoms with Crippen molar-refractivity contribution in [2.24, 2.45) is 5.73 Å². The molecule has 1 fully saturated rings. The molecule has 1 rings (SSSR count). The number of halogens is 3. The summed E-state index contributed by atoms with van der Waals surface area (Å²) in [5.74, 6) is 0. The van der Waals surface area contributed by atoms with Gasteiger partial charge < -0.3 is 10.5 Å². The molecule has 0 aromatic heterocycles. The molecule has 5 heteroatoms. The van der Waals surface area contributed by atoms with Gasteiger partial charge in [-0.2, -0.15) is 13.2 Å². The molecule has 0 bridgehead atoms. The zero-order valence-corrected chi connectivity index (χ0v) is 6.66. The number of alkyl halides is 3. The van der Waals surface area contributed by atoms with Gasteiger partial charge in [0.2, 0.25) is 0 Å². The van der Waals surface area contributed by atoms with E-state index in [1.165, 1.54) is 0 Å². The van der Waals surface area contributed by atoms with Crippen molar-refractivity contribution >= 4 is 0 Å². The van der Waals surface area contributed by atoms with Crippen LogP contribution >= 0.6 is 0 Å². The first-order chi connectivity index (χ1) is 5.41. The summed E-state index contributed by atoms with van der Waals surface area (Å²) >= 11 is 0. The Hall–Kier alpha value is -0.290. The van der Waals surface area contributed by atoms with Crippen molar-refractivity contribution in [2.75, 3.05) is 13.2 Å². The molecular formula is C7H12F3NO. The van der Waals surface area contributed by atoms with Crippen molar-refractivity contribution in [2.45, 2.75) is 31.0 Å². The van der Waals surface area contributed by atoms with Crippen molar-refractivity contribution in [3.8, 4) is 0 Å². The van der Waals surface area contributed by atoms with Crippen molar-refractivity contribution in [3.63, 3.8) is 0 Å². The summed E-state index contributed by atoms with van der Waals surface area (Å²) in [7, 11) is 0. The normalized spacial score (nSPS) is 21.0. The fourth-order valence-electron chi connectivity index (χ4n) is 0.874. The molecule has 0 unspecified atom stereocenters. The van der Waals surface area contributed by atoms with Gasteiger partial charge in [-0.25, -0.2) is 0 Å². The Kier molecular flexibility index (Phi) is 2.63. The van der Waals surface area contributed by atoms with Crippen LogP contribution in [0.1, 0.15) is 19.3 Å². The Morgan fingerprint density at radius 3 is 2.33 bits per heavy atom. The van der Waals surface area contributed by atoms with Crippen LogP contribution in [0.3, 0.4) is 0 Å². The van der Waals surface area contributed by atoms with Gasteiger partial charge in [0, 0.05) is 12.1 Å². The van der Waals surface area contributed by atoms with Crippen LogP contribution < -0.4 is 5.73 Å². The zero-order chi connectivity index (χ0) is 9.24. The van der Waals surface area contributed by atoms with Gasteiger partial charge in [0.1, 0.15) is 6.61 Å². The first-order valence-electron chi connectivity index (χ1n) is 3.85. The number of rotatable bonds is 4. The summed E-state index contributed by atoms with van der Waals surface area (Å²) in [6.45, 7) is -1.06. The second-order valence-corrected chi connectivity index (χ2v) is 3.28. The first kappa shape index (κ1) is 9.80. The predicted molar refractivity (Wildman–Crippen MR) is 37.6 cm³/mol. The average molecular weight is 183 g/mol. The van der Waals surface area contributed by atoms with E-state index in [1.54, 1.807) is 0 Å². The van der Waals surface area contributed by atoms with Crippen LogP contribution in [-0.4, -0.2) is 24.9 Å². The van der Waals surface area contributed by atoms with E-state index in [2.05, 4.69) is 4.74 Å². The monoisotopic (exact) mass is 183 g/mol. The van der Waals surface area contributed by atoms with E-state index in [9.17, 15) is 13.2 Å². The van der Waals surface area contributed by atoms with Crippen LogP contribution in [0.25, 0.3) is 0 Å². The summed E-state index contributed by atoms with van der Waals surface area (Å²) in [5, 5.41) is 0. The Morgan fingerprint density at radius 1 is 1.33 bits per heavy atom. The standard InChI is InChI=1S/C7H12F3NO/c8-7(9,10)5-12-4-3-6(11)1-2-6/h1-5,11H2. The lowest BCUT2D eigenvalue weighted by molar-refractivity contribution is -0.174. The fourth-order valence-corrected chi connectivity index (χ4v) is 0.874. The molecule has 0 aliphatic heterocycles. The first-order valence-corrected chi connectivity index (χ1v) is 3.85. The quantitative estimate of drug-likeness (QED) is 0.669. The molecule has 2 N–H and O–H groups in total. The molecule has 1 aliphatic carbocycles. The molecule has 2 nitrogen and oxygen atoms in total. The SMILES string of the molecule is NC1(CCOCC(F)(F)F)CC1. The van der Waals surface area contributed by atoms with Crippen LogP contribution in [-0.2, 0) is 4.74 Å². The molecule has 0 saturated heterocycles. The number of ether oxygens (including phenoxy) is 1. The minimum Gasteiger partial charge on any atom is -0.372 e. The van der Waals surface area contributed by atoms with Crippen molar-refractivity contribution in [3.05, 3.63) is 0 Å². The van der Waals surface area contributed by atoms with Gasteiger partial charge in [-0.1, -0.05) is 0 Å². The maximum atomic E-state index is 11.5. The minimum absolute atomic E-state index is 0.107. The maximum Gasteiger partial charge on any atom is 0.411 e. The molecule has 0 spiro atoms. The van der Waals surface area contributed by atoms with E-state index in [4.69, 9.17) is 5.73 Å².